The summed E-state index contributed by atoms with van der Waals surface area (Å²) in [7, 11) is 0. The fourth-order valence-electron chi connectivity index (χ4n) is 6.33. The van der Waals surface area contributed by atoms with Crippen molar-refractivity contribution in [3.63, 3.8) is 0 Å². The number of hydrogen-bond acceptors (Lipinski definition) is 4. The van der Waals surface area contributed by atoms with E-state index in [2.05, 4.69) is 43.5 Å². The van der Waals surface area contributed by atoms with Gasteiger partial charge in [0.05, 0.1) is 18.8 Å². The van der Waals surface area contributed by atoms with Gasteiger partial charge in [0, 0.05) is 0 Å². The molecule has 0 aliphatic heterocycles. The number of aliphatic hydroxyl groups is 3. The highest BCUT2D eigenvalue weighted by Gasteiger charge is 2.22. The van der Waals surface area contributed by atoms with Crippen molar-refractivity contribution in [1.29, 1.82) is 0 Å². The van der Waals surface area contributed by atoms with Gasteiger partial charge in [0.15, 0.2) is 0 Å². The Morgan fingerprint density at radius 2 is 0.837 bits per heavy atom. The first-order chi connectivity index (χ1) is 24.1. The van der Waals surface area contributed by atoms with Crippen molar-refractivity contribution >= 4 is 5.91 Å². The van der Waals surface area contributed by atoms with Gasteiger partial charge in [-0.25, -0.2) is 0 Å². The number of allylic oxidation sites excluding steroid dienone is 5. The summed E-state index contributed by atoms with van der Waals surface area (Å²) in [5, 5.41) is 33.0. The van der Waals surface area contributed by atoms with Gasteiger partial charge < -0.3 is 20.6 Å². The van der Waals surface area contributed by atoms with E-state index < -0.39 is 24.2 Å². The van der Waals surface area contributed by atoms with Gasteiger partial charge in [0.25, 0.3) is 0 Å². The van der Waals surface area contributed by atoms with Crippen molar-refractivity contribution in [3.8, 4) is 0 Å². The van der Waals surface area contributed by atoms with Crippen molar-refractivity contribution in [2.75, 3.05) is 6.61 Å². The number of unbranched alkanes of at least 4 members (excludes halogenated alkanes) is 26. The minimum atomic E-state index is -1.11. The third-order valence-corrected chi connectivity index (χ3v) is 9.71. The van der Waals surface area contributed by atoms with Crippen LogP contribution in [0.2, 0.25) is 0 Å². The quantitative estimate of drug-likeness (QED) is 0.0384. The summed E-state index contributed by atoms with van der Waals surface area (Å²) >= 11 is 0. The lowest BCUT2D eigenvalue weighted by atomic mass is 10.0. The lowest BCUT2D eigenvalue weighted by molar-refractivity contribution is -0.131. The third kappa shape index (κ3) is 34.8. The van der Waals surface area contributed by atoms with E-state index in [1.54, 1.807) is 6.08 Å². The predicted molar refractivity (Wildman–Crippen MR) is 213 cm³/mol. The zero-order valence-corrected chi connectivity index (χ0v) is 32.6. The SMILES string of the molecule is CCCCCC/C=C/CC/C=C/CC/C=C/C(O)C(CO)NC(=O)C(O)CCCCCCCCCCCCCCCCCCCCCCC. The van der Waals surface area contributed by atoms with Crippen LogP contribution < -0.4 is 5.32 Å². The van der Waals surface area contributed by atoms with Crippen molar-refractivity contribution in [2.45, 2.75) is 231 Å². The molecule has 0 aromatic rings. The summed E-state index contributed by atoms with van der Waals surface area (Å²) in [6.45, 7) is 4.14. The molecule has 0 saturated carbocycles. The fraction of sp³-hybridized carbons (Fsp3) is 0.841. The van der Waals surface area contributed by atoms with Gasteiger partial charge in [-0.15, -0.1) is 0 Å². The monoisotopic (exact) mass is 690 g/mol. The van der Waals surface area contributed by atoms with Crippen LogP contribution in [-0.4, -0.2) is 46.1 Å². The molecule has 5 nitrogen and oxygen atoms in total. The van der Waals surface area contributed by atoms with E-state index in [-0.39, 0.29) is 6.61 Å². The number of amides is 1. The summed E-state index contributed by atoms with van der Waals surface area (Å²) in [5.41, 5.74) is 0. The summed E-state index contributed by atoms with van der Waals surface area (Å²) in [4.78, 5) is 12.4. The minimum absolute atomic E-state index is 0.380. The number of aliphatic hydroxyl groups excluding tert-OH is 3. The van der Waals surface area contributed by atoms with Crippen LogP contribution >= 0.6 is 0 Å². The maximum Gasteiger partial charge on any atom is 0.249 e. The molecular formula is C44H83NO4. The van der Waals surface area contributed by atoms with Crippen LogP contribution in [0.1, 0.15) is 213 Å². The van der Waals surface area contributed by atoms with Crippen molar-refractivity contribution in [1.82, 2.24) is 5.32 Å². The van der Waals surface area contributed by atoms with E-state index in [1.807, 2.05) is 6.08 Å². The Bertz CT molecular complexity index is 764. The topological polar surface area (TPSA) is 89.8 Å². The minimum Gasteiger partial charge on any atom is -0.394 e. The Kier molecular flexibility index (Phi) is 38.2. The molecule has 3 unspecified atom stereocenters. The van der Waals surface area contributed by atoms with E-state index in [9.17, 15) is 20.1 Å². The molecule has 1 amide bonds. The summed E-state index contributed by atoms with van der Waals surface area (Å²) in [6.07, 6.45) is 48.9. The first-order valence-electron chi connectivity index (χ1n) is 21.3. The fourth-order valence-corrected chi connectivity index (χ4v) is 6.33. The van der Waals surface area contributed by atoms with Gasteiger partial charge >= 0.3 is 0 Å². The highest BCUT2D eigenvalue weighted by atomic mass is 16.3. The molecule has 0 rings (SSSR count). The molecule has 288 valence electrons. The molecule has 0 radical (unpaired) electrons. The molecule has 3 atom stereocenters. The van der Waals surface area contributed by atoms with Crippen molar-refractivity contribution in [3.05, 3.63) is 36.5 Å². The Morgan fingerprint density at radius 1 is 0.490 bits per heavy atom. The Balaban J connectivity index is 3.69. The lowest BCUT2D eigenvalue weighted by Crippen LogP contribution is -2.48. The Labute approximate surface area is 304 Å². The third-order valence-electron chi connectivity index (χ3n) is 9.71. The smallest absolute Gasteiger partial charge is 0.249 e. The van der Waals surface area contributed by atoms with Gasteiger partial charge in [-0.2, -0.15) is 0 Å². The first-order valence-corrected chi connectivity index (χ1v) is 21.3. The predicted octanol–water partition coefficient (Wildman–Crippen LogP) is 12.0. The summed E-state index contributed by atoms with van der Waals surface area (Å²) in [6, 6.07) is -0.817. The zero-order chi connectivity index (χ0) is 35.9. The molecule has 49 heavy (non-hydrogen) atoms. The van der Waals surface area contributed by atoms with Gasteiger partial charge in [-0.3, -0.25) is 4.79 Å². The maximum atomic E-state index is 12.4. The molecule has 0 aromatic carbocycles. The van der Waals surface area contributed by atoms with Crippen LogP contribution in [0.15, 0.2) is 36.5 Å². The molecular weight excluding hydrogens is 606 g/mol. The van der Waals surface area contributed by atoms with Crippen LogP contribution in [0.5, 0.6) is 0 Å². The molecule has 0 aromatic heterocycles. The number of nitrogens with one attached hydrogen (secondary N) is 1. The molecule has 0 aliphatic carbocycles. The van der Waals surface area contributed by atoms with Gasteiger partial charge in [0.2, 0.25) is 5.91 Å². The zero-order valence-electron chi connectivity index (χ0n) is 32.6. The normalized spacial score (nSPS) is 14.0. The standard InChI is InChI=1S/C44H83NO4/c1-3-5-7-9-11-13-15-17-19-20-21-22-23-24-25-27-29-31-33-35-37-39-43(48)44(49)45-41(40-46)42(47)38-36-34-32-30-28-26-18-16-14-12-10-8-6-4-2/h14,16,28,30,36,38,41-43,46-48H,3-13,15,17-27,29,31-35,37,39-40H2,1-2H3,(H,45,49)/b16-14+,30-28+,38-36+. The van der Waals surface area contributed by atoms with E-state index in [1.165, 1.54) is 148 Å². The average Bonchev–Trinajstić information content (AvgIpc) is 3.11. The number of carbonyl (C=O) groups is 1. The molecule has 0 spiro atoms. The van der Waals surface area contributed by atoms with E-state index in [0.717, 1.165) is 44.9 Å². The van der Waals surface area contributed by atoms with Crippen molar-refractivity contribution < 1.29 is 20.1 Å². The van der Waals surface area contributed by atoms with E-state index in [0.29, 0.717) is 6.42 Å². The summed E-state index contributed by atoms with van der Waals surface area (Å²) < 4.78 is 0. The van der Waals surface area contributed by atoms with E-state index >= 15 is 0 Å². The largest absolute Gasteiger partial charge is 0.394 e. The number of carbonyl (C=O) groups excluding carboxylic acids is 1. The maximum absolute atomic E-state index is 12.4. The van der Waals surface area contributed by atoms with Crippen LogP contribution in [0.25, 0.3) is 0 Å². The summed E-state index contributed by atoms with van der Waals surface area (Å²) in [5.74, 6) is -0.516. The Hall–Kier alpha value is -1.43. The second kappa shape index (κ2) is 39.4. The molecule has 4 N–H and O–H groups in total. The molecule has 0 fully saturated rings. The van der Waals surface area contributed by atoms with Gasteiger partial charge in [-0.05, 0) is 44.9 Å². The molecule has 0 bridgehead atoms. The second-order valence-electron chi connectivity index (χ2n) is 14.5. The highest BCUT2D eigenvalue weighted by molar-refractivity contribution is 5.80. The highest BCUT2D eigenvalue weighted by Crippen LogP contribution is 2.16. The van der Waals surface area contributed by atoms with Gasteiger partial charge in [0.1, 0.15) is 6.10 Å². The van der Waals surface area contributed by atoms with Gasteiger partial charge in [-0.1, -0.05) is 204 Å². The molecule has 0 heterocycles. The van der Waals surface area contributed by atoms with Crippen LogP contribution in [-0.2, 0) is 4.79 Å². The molecule has 5 heteroatoms. The van der Waals surface area contributed by atoms with E-state index in [4.69, 9.17) is 0 Å². The van der Waals surface area contributed by atoms with Crippen LogP contribution in [0.3, 0.4) is 0 Å². The average molecular weight is 690 g/mol. The Morgan fingerprint density at radius 3 is 1.24 bits per heavy atom. The lowest BCUT2D eigenvalue weighted by Gasteiger charge is -2.21. The number of rotatable bonds is 38. The van der Waals surface area contributed by atoms with Crippen molar-refractivity contribution in [2.24, 2.45) is 0 Å². The number of hydrogen-bond donors (Lipinski definition) is 4. The van der Waals surface area contributed by atoms with Crippen LogP contribution in [0.4, 0.5) is 0 Å². The molecule has 0 aliphatic rings. The first kappa shape index (κ1) is 47.6. The second-order valence-corrected chi connectivity index (χ2v) is 14.5. The van der Waals surface area contributed by atoms with Crippen LogP contribution in [0, 0.1) is 0 Å². The molecule has 0 saturated heterocycles.